The zero-order chi connectivity index (χ0) is 39.1. The van der Waals surface area contributed by atoms with Gasteiger partial charge in [0.1, 0.15) is 0 Å². The number of hydrogen-bond donors (Lipinski definition) is 0. The van der Waals surface area contributed by atoms with Crippen LogP contribution >= 0.6 is 0 Å². The zero-order valence-corrected chi connectivity index (χ0v) is 36.6. The molecule has 0 saturated carbocycles. The summed E-state index contributed by atoms with van der Waals surface area (Å²) < 4.78 is 47.4. The first-order valence-electron chi connectivity index (χ1n) is 19.1. The van der Waals surface area contributed by atoms with Crippen LogP contribution in [0.15, 0.2) is 88.2 Å². The summed E-state index contributed by atoms with van der Waals surface area (Å²) in [6.07, 6.45) is 3.93. The van der Waals surface area contributed by atoms with Crippen LogP contribution < -0.4 is 3.27 Å². The number of halogens is 3. The zero-order valence-electron chi connectivity index (χ0n) is 34.1. The Morgan fingerprint density at radius 2 is 1.21 bits per heavy atom. The fraction of sp³-hybridized carbons (Fsp3) is 0.408. The molecule has 0 N–H and O–H groups in total. The molecule has 4 aromatic carbocycles. The molecule has 4 aromatic rings. The van der Waals surface area contributed by atoms with Crippen molar-refractivity contribution >= 4 is 6.48 Å². The Morgan fingerprint density at radius 3 is 1.74 bits per heavy atom. The Labute approximate surface area is 324 Å². The summed E-state index contributed by atoms with van der Waals surface area (Å²) in [6.45, 7) is 29.9. The van der Waals surface area contributed by atoms with E-state index >= 15 is 0 Å². The Balaban J connectivity index is 1.86. The minimum atomic E-state index is -4.44. The van der Waals surface area contributed by atoms with Crippen molar-refractivity contribution in [3.05, 3.63) is 144 Å². The number of aryl methyl sites for hydroxylation is 1. The van der Waals surface area contributed by atoms with Crippen molar-refractivity contribution in [2.45, 2.75) is 131 Å². The van der Waals surface area contributed by atoms with Crippen molar-refractivity contribution in [1.29, 1.82) is 0 Å². The van der Waals surface area contributed by atoms with E-state index in [1.165, 1.54) is 63.2 Å². The Hall–Kier alpha value is -3.10. The van der Waals surface area contributed by atoms with Gasteiger partial charge in [0.15, 0.2) is 0 Å². The molecule has 0 radical (unpaired) electrons. The third-order valence-corrected chi connectivity index (χ3v) is 18.6. The Bertz CT molecular complexity index is 2180. The summed E-state index contributed by atoms with van der Waals surface area (Å²) in [4.78, 5) is 0. The first kappa shape index (κ1) is 39.6. The molecule has 0 saturated heterocycles. The summed E-state index contributed by atoms with van der Waals surface area (Å²) in [5.74, 6) is 0. The summed E-state index contributed by atoms with van der Waals surface area (Å²) in [6, 6.07) is 22.2. The molecule has 0 amide bonds. The standard InChI is InChI=1S/C29H41.C15H11F3.C5H5.Zr/c1-26(2,3)22-14-18-13-19-15-23(27(4,5)6)25(29(10,11)12)17-21(19)20(18)16-24(22)28(7,8)9;1-11-5-7-12(8-6-11)9-13-3-2-4-14(10-13)15(16,17)18;1-2-4-5-3-1;/h14,16-17H,13H2,1-12H3;2-8,10H,1H3;1-3H,4H2;. The number of fused-ring (bicyclic) bond motifs is 3. The average molecular weight is 794 g/mol. The van der Waals surface area contributed by atoms with Gasteiger partial charge >= 0.3 is 327 Å². The molecule has 4 heteroatoms. The molecule has 0 bridgehead atoms. The molecule has 0 atom stereocenters. The normalized spacial score (nSPS) is 15.4. The van der Waals surface area contributed by atoms with Crippen LogP contribution in [-0.4, -0.2) is 3.21 Å². The number of allylic oxidation sites excluding steroid dienone is 4. The van der Waals surface area contributed by atoms with Crippen molar-refractivity contribution in [3.63, 3.8) is 0 Å². The van der Waals surface area contributed by atoms with Crippen LogP contribution in [0.2, 0.25) is 0 Å². The predicted octanol–water partition coefficient (Wildman–Crippen LogP) is 13.1. The van der Waals surface area contributed by atoms with E-state index in [1.807, 2.05) is 6.07 Å². The Morgan fingerprint density at radius 1 is 0.623 bits per heavy atom. The van der Waals surface area contributed by atoms with Crippen LogP contribution in [0.25, 0.3) is 11.1 Å². The van der Waals surface area contributed by atoms with E-state index in [0.29, 0.717) is 5.56 Å². The van der Waals surface area contributed by atoms with Gasteiger partial charge in [0, 0.05) is 0 Å². The van der Waals surface area contributed by atoms with Crippen molar-refractivity contribution in [2.75, 3.05) is 0 Å². The Kier molecular flexibility index (Phi) is 10.1. The van der Waals surface area contributed by atoms with E-state index in [1.54, 1.807) is 6.07 Å². The molecule has 0 heterocycles. The van der Waals surface area contributed by atoms with E-state index in [2.05, 4.69) is 151 Å². The van der Waals surface area contributed by atoms with Crippen LogP contribution in [0.1, 0.15) is 145 Å². The SMILES string of the molecule is Cc1ccc(/[C](c2cccc(C(F)(F)F)c2)=[Zr](\[C]2=CC=CC2)[c]2c3c(cc(C(C)(C)C)c2C(C)(C)C)-c2cc(C(C)(C)C)c(C(C)(C)C)cc2C3)cc1. The van der Waals surface area contributed by atoms with Crippen LogP contribution in [-0.2, 0) is 55.5 Å². The summed E-state index contributed by atoms with van der Waals surface area (Å²) in [5.41, 5.74) is 12.7. The van der Waals surface area contributed by atoms with E-state index in [4.69, 9.17) is 0 Å². The maximum absolute atomic E-state index is 14.5. The van der Waals surface area contributed by atoms with E-state index in [0.717, 1.165) is 27.2 Å². The second-order valence-electron chi connectivity index (χ2n) is 19.5. The fourth-order valence-corrected chi connectivity index (χ4v) is 17.4. The summed E-state index contributed by atoms with van der Waals surface area (Å²) in [5, 5.41) is 0. The molecule has 0 nitrogen and oxygen atoms in total. The first-order valence-corrected chi connectivity index (χ1v) is 22.8. The number of rotatable bonds is 4. The molecule has 0 aromatic heterocycles. The van der Waals surface area contributed by atoms with Crippen molar-refractivity contribution in [1.82, 2.24) is 0 Å². The van der Waals surface area contributed by atoms with E-state index in [9.17, 15) is 13.2 Å². The second-order valence-corrected chi connectivity index (χ2v) is 25.3. The monoisotopic (exact) mass is 792 g/mol. The maximum atomic E-state index is 14.5. The molecular weight excluding hydrogens is 737 g/mol. The minimum absolute atomic E-state index is 0.0282. The quantitative estimate of drug-likeness (QED) is 0.170. The summed E-state index contributed by atoms with van der Waals surface area (Å²) in [7, 11) is 0. The molecule has 0 unspecified atom stereocenters. The fourth-order valence-electron chi connectivity index (χ4n) is 8.37. The third kappa shape index (κ3) is 7.74. The van der Waals surface area contributed by atoms with Gasteiger partial charge in [-0.15, -0.1) is 0 Å². The van der Waals surface area contributed by atoms with Crippen LogP contribution in [0.5, 0.6) is 0 Å². The predicted molar refractivity (Wildman–Crippen MR) is 217 cm³/mol. The van der Waals surface area contributed by atoms with E-state index < -0.39 is 33.0 Å². The third-order valence-electron chi connectivity index (χ3n) is 10.9. The van der Waals surface area contributed by atoms with Gasteiger partial charge in [-0.05, 0) is 0 Å². The number of hydrogen-bond acceptors (Lipinski definition) is 0. The van der Waals surface area contributed by atoms with Gasteiger partial charge in [-0.2, -0.15) is 0 Å². The molecule has 0 aliphatic heterocycles. The van der Waals surface area contributed by atoms with Gasteiger partial charge < -0.3 is 0 Å². The molecular formula is C49H57F3Zr. The van der Waals surface area contributed by atoms with Crippen LogP contribution in [0, 0.1) is 6.92 Å². The molecule has 53 heavy (non-hydrogen) atoms. The first-order chi connectivity index (χ1) is 24.4. The van der Waals surface area contributed by atoms with Gasteiger partial charge in [0.2, 0.25) is 0 Å². The van der Waals surface area contributed by atoms with Crippen molar-refractivity contribution < 1.29 is 34.4 Å². The van der Waals surface area contributed by atoms with Crippen molar-refractivity contribution in [2.24, 2.45) is 0 Å². The van der Waals surface area contributed by atoms with Gasteiger partial charge in [0.05, 0.1) is 0 Å². The van der Waals surface area contributed by atoms with Gasteiger partial charge in [-0.25, -0.2) is 0 Å². The van der Waals surface area contributed by atoms with Gasteiger partial charge in [-0.1, -0.05) is 0 Å². The van der Waals surface area contributed by atoms with Gasteiger partial charge in [-0.3, -0.25) is 0 Å². The summed E-state index contributed by atoms with van der Waals surface area (Å²) >= 11 is -3.37. The topological polar surface area (TPSA) is 0 Å². The second kappa shape index (κ2) is 13.6. The molecule has 2 aliphatic rings. The molecule has 0 fully saturated rings. The van der Waals surface area contributed by atoms with Crippen molar-refractivity contribution in [3.8, 4) is 11.1 Å². The molecule has 6 rings (SSSR count). The van der Waals surface area contributed by atoms with Gasteiger partial charge in [0.25, 0.3) is 0 Å². The van der Waals surface area contributed by atoms with E-state index in [-0.39, 0.29) is 21.7 Å². The van der Waals surface area contributed by atoms with Crippen LogP contribution in [0.4, 0.5) is 13.2 Å². The number of alkyl halides is 3. The van der Waals surface area contributed by atoms with Crippen LogP contribution in [0.3, 0.4) is 0 Å². The average Bonchev–Trinajstić information content (AvgIpc) is 3.69. The molecule has 278 valence electrons. The number of benzene rings is 4. The molecule has 2 aliphatic carbocycles. The molecule has 0 spiro atoms.